The lowest BCUT2D eigenvalue weighted by Crippen LogP contribution is -2.55. The fraction of sp³-hybridized carbons (Fsp3) is 0.571. The van der Waals surface area contributed by atoms with Gasteiger partial charge in [0.05, 0.1) is 6.61 Å². The first-order valence-electron chi connectivity index (χ1n) is 9.83. The molecule has 1 aliphatic rings. The van der Waals surface area contributed by atoms with Crippen LogP contribution in [-0.2, 0) is 20.7 Å². The standard InChI is InChI=1S/C21H31N3O4/c1-6-16-10-8-9-15(3)17(16)22-18(25)21(4,5)19(26)23-11-13-24(14-12-23)20(27)28-7-2/h8-10H,6-7,11-14H2,1-5H3,(H,22,25). The summed E-state index contributed by atoms with van der Waals surface area (Å²) in [5.74, 6) is -0.561. The highest BCUT2D eigenvalue weighted by Crippen LogP contribution is 2.26. The minimum Gasteiger partial charge on any atom is -0.450 e. The molecule has 1 fully saturated rings. The summed E-state index contributed by atoms with van der Waals surface area (Å²) < 4.78 is 5.00. The van der Waals surface area contributed by atoms with Crippen molar-refractivity contribution in [1.82, 2.24) is 9.80 Å². The first-order chi connectivity index (χ1) is 13.2. The number of hydrogen-bond donors (Lipinski definition) is 1. The average Bonchev–Trinajstić information content (AvgIpc) is 2.69. The maximum absolute atomic E-state index is 13.0. The van der Waals surface area contributed by atoms with Crippen LogP contribution in [-0.4, -0.2) is 60.5 Å². The Morgan fingerprint density at radius 1 is 1.07 bits per heavy atom. The molecule has 1 N–H and O–H groups in total. The monoisotopic (exact) mass is 389 g/mol. The van der Waals surface area contributed by atoms with Crippen molar-refractivity contribution in [3.63, 3.8) is 0 Å². The van der Waals surface area contributed by atoms with E-state index in [0.717, 1.165) is 23.2 Å². The summed E-state index contributed by atoms with van der Waals surface area (Å²) in [5, 5.41) is 2.96. The molecule has 1 saturated heterocycles. The minimum absolute atomic E-state index is 0.236. The number of hydrogen-bond acceptors (Lipinski definition) is 4. The third kappa shape index (κ3) is 4.64. The number of anilines is 1. The van der Waals surface area contributed by atoms with E-state index in [4.69, 9.17) is 4.74 Å². The van der Waals surface area contributed by atoms with E-state index in [9.17, 15) is 14.4 Å². The van der Waals surface area contributed by atoms with Crippen molar-refractivity contribution in [2.45, 2.75) is 41.0 Å². The van der Waals surface area contributed by atoms with Gasteiger partial charge in [0.15, 0.2) is 0 Å². The number of nitrogens with zero attached hydrogens (tertiary/aromatic N) is 2. The van der Waals surface area contributed by atoms with Gasteiger partial charge in [-0.1, -0.05) is 25.1 Å². The van der Waals surface area contributed by atoms with Crippen LogP contribution in [0, 0.1) is 12.3 Å². The van der Waals surface area contributed by atoms with Crippen molar-refractivity contribution < 1.29 is 19.1 Å². The van der Waals surface area contributed by atoms with Gasteiger partial charge in [0, 0.05) is 31.9 Å². The summed E-state index contributed by atoms with van der Waals surface area (Å²) in [5.41, 5.74) is 1.58. The molecule has 1 aliphatic heterocycles. The second kappa shape index (κ2) is 9.08. The van der Waals surface area contributed by atoms with Gasteiger partial charge in [-0.2, -0.15) is 0 Å². The van der Waals surface area contributed by atoms with Crippen molar-refractivity contribution in [3.05, 3.63) is 29.3 Å². The Balaban J connectivity index is 2.05. The third-order valence-corrected chi connectivity index (χ3v) is 5.17. The molecule has 3 amide bonds. The maximum atomic E-state index is 13.0. The fourth-order valence-corrected chi connectivity index (χ4v) is 3.27. The van der Waals surface area contributed by atoms with Gasteiger partial charge in [0.1, 0.15) is 5.41 Å². The second-order valence-electron chi connectivity index (χ2n) is 7.52. The predicted octanol–water partition coefficient (Wildman–Crippen LogP) is 2.82. The Kier molecular flexibility index (Phi) is 7.05. The average molecular weight is 389 g/mol. The topological polar surface area (TPSA) is 79.0 Å². The molecule has 0 atom stereocenters. The summed E-state index contributed by atoms with van der Waals surface area (Å²) >= 11 is 0. The van der Waals surface area contributed by atoms with Crippen LogP contribution in [0.5, 0.6) is 0 Å². The summed E-state index contributed by atoms with van der Waals surface area (Å²) in [4.78, 5) is 41.0. The van der Waals surface area contributed by atoms with E-state index < -0.39 is 5.41 Å². The first-order valence-corrected chi connectivity index (χ1v) is 9.83. The quantitative estimate of drug-likeness (QED) is 0.786. The van der Waals surface area contributed by atoms with Crippen molar-refractivity contribution in [3.8, 4) is 0 Å². The number of aryl methyl sites for hydroxylation is 2. The molecule has 0 radical (unpaired) electrons. The van der Waals surface area contributed by atoms with Crippen LogP contribution in [0.4, 0.5) is 10.5 Å². The zero-order valence-corrected chi connectivity index (χ0v) is 17.5. The molecule has 28 heavy (non-hydrogen) atoms. The van der Waals surface area contributed by atoms with Crippen molar-refractivity contribution in [2.75, 3.05) is 38.1 Å². The van der Waals surface area contributed by atoms with E-state index >= 15 is 0 Å². The van der Waals surface area contributed by atoms with E-state index in [2.05, 4.69) is 5.32 Å². The smallest absolute Gasteiger partial charge is 0.409 e. The lowest BCUT2D eigenvalue weighted by atomic mass is 9.89. The molecule has 0 aromatic heterocycles. The summed E-state index contributed by atoms with van der Waals surface area (Å²) in [6, 6.07) is 5.88. The Morgan fingerprint density at radius 3 is 2.25 bits per heavy atom. The third-order valence-electron chi connectivity index (χ3n) is 5.17. The molecule has 0 aliphatic carbocycles. The molecular formula is C21H31N3O4. The molecule has 154 valence electrons. The summed E-state index contributed by atoms with van der Waals surface area (Å²) in [7, 11) is 0. The number of rotatable bonds is 5. The Morgan fingerprint density at radius 2 is 1.68 bits per heavy atom. The van der Waals surface area contributed by atoms with Gasteiger partial charge in [0.25, 0.3) is 0 Å². The SMILES string of the molecule is CCOC(=O)N1CCN(C(=O)C(C)(C)C(=O)Nc2c(C)cccc2CC)CC1. The van der Waals surface area contributed by atoms with Crippen LogP contribution in [0.3, 0.4) is 0 Å². The number of para-hydroxylation sites is 1. The summed E-state index contributed by atoms with van der Waals surface area (Å²) in [6.45, 7) is 10.9. The van der Waals surface area contributed by atoms with Crippen LogP contribution >= 0.6 is 0 Å². The number of benzene rings is 1. The van der Waals surface area contributed by atoms with E-state index in [-0.39, 0.29) is 17.9 Å². The number of ether oxygens (including phenoxy) is 1. The van der Waals surface area contributed by atoms with E-state index in [0.29, 0.717) is 32.8 Å². The van der Waals surface area contributed by atoms with Gasteiger partial charge < -0.3 is 19.9 Å². The number of carbonyl (C=O) groups excluding carboxylic acids is 3. The van der Waals surface area contributed by atoms with Gasteiger partial charge in [0.2, 0.25) is 11.8 Å². The molecule has 7 heteroatoms. The Bertz CT molecular complexity index is 737. The molecule has 2 rings (SSSR count). The molecule has 1 aromatic carbocycles. The van der Waals surface area contributed by atoms with Crippen LogP contribution in [0.25, 0.3) is 0 Å². The normalized spacial score (nSPS) is 14.6. The van der Waals surface area contributed by atoms with Crippen LogP contribution < -0.4 is 5.32 Å². The molecular weight excluding hydrogens is 358 g/mol. The minimum atomic E-state index is -1.21. The Hall–Kier alpha value is -2.57. The zero-order chi connectivity index (χ0) is 20.9. The fourth-order valence-electron chi connectivity index (χ4n) is 3.27. The number of nitrogens with one attached hydrogen (secondary N) is 1. The zero-order valence-electron chi connectivity index (χ0n) is 17.5. The number of amides is 3. The molecule has 7 nitrogen and oxygen atoms in total. The molecule has 0 spiro atoms. The van der Waals surface area contributed by atoms with Crippen LogP contribution in [0.15, 0.2) is 18.2 Å². The highest BCUT2D eigenvalue weighted by molar-refractivity contribution is 6.10. The number of piperazine rings is 1. The predicted molar refractivity (Wildman–Crippen MR) is 108 cm³/mol. The lowest BCUT2D eigenvalue weighted by molar-refractivity contribution is -0.147. The van der Waals surface area contributed by atoms with Gasteiger partial charge >= 0.3 is 6.09 Å². The van der Waals surface area contributed by atoms with Gasteiger partial charge in [-0.05, 0) is 45.2 Å². The number of carbonyl (C=O) groups is 3. The van der Waals surface area contributed by atoms with Crippen molar-refractivity contribution in [1.29, 1.82) is 0 Å². The summed E-state index contributed by atoms with van der Waals surface area (Å²) in [6.07, 6.45) is 0.430. The van der Waals surface area contributed by atoms with Crippen molar-refractivity contribution >= 4 is 23.6 Å². The van der Waals surface area contributed by atoms with Crippen molar-refractivity contribution in [2.24, 2.45) is 5.41 Å². The van der Waals surface area contributed by atoms with Gasteiger partial charge in [-0.15, -0.1) is 0 Å². The van der Waals surface area contributed by atoms with Crippen LogP contribution in [0.2, 0.25) is 0 Å². The molecule has 1 aromatic rings. The highest BCUT2D eigenvalue weighted by atomic mass is 16.6. The van der Waals surface area contributed by atoms with E-state index in [1.54, 1.807) is 30.6 Å². The van der Waals surface area contributed by atoms with E-state index in [1.807, 2.05) is 32.0 Å². The van der Waals surface area contributed by atoms with Crippen LogP contribution in [0.1, 0.15) is 38.8 Å². The van der Waals surface area contributed by atoms with E-state index in [1.165, 1.54) is 0 Å². The molecule has 0 unspecified atom stereocenters. The maximum Gasteiger partial charge on any atom is 0.409 e. The molecule has 1 heterocycles. The highest BCUT2D eigenvalue weighted by Gasteiger charge is 2.40. The van der Waals surface area contributed by atoms with Gasteiger partial charge in [-0.25, -0.2) is 4.79 Å². The van der Waals surface area contributed by atoms with Gasteiger partial charge in [-0.3, -0.25) is 9.59 Å². The second-order valence-corrected chi connectivity index (χ2v) is 7.52. The molecule has 0 saturated carbocycles. The largest absolute Gasteiger partial charge is 0.450 e. The lowest BCUT2D eigenvalue weighted by Gasteiger charge is -2.37. The first kappa shape index (κ1) is 21.7. The molecule has 0 bridgehead atoms. The Labute approximate surface area is 167 Å².